The monoisotopic (exact) mass is 185 g/mol. The lowest BCUT2D eigenvalue weighted by Crippen LogP contribution is -2.17. The minimum absolute atomic E-state index is 0.419. The molecule has 74 valence electrons. The van der Waals surface area contributed by atoms with Gasteiger partial charge in [0.2, 0.25) is 6.08 Å². The molecular formula is C9H15NO3. The molecule has 0 saturated heterocycles. The largest absolute Gasteiger partial charge is 0.480 e. The van der Waals surface area contributed by atoms with Gasteiger partial charge in [0.05, 0.1) is 0 Å². The van der Waals surface area contributed by atoms with Crippen LogP contribution in [-0.4, -0.2) is 23.2 Å². The van der Waals surface area contributed by atoms with Gasteiger partial charge in [0, 0.05) is 0 Å². The average molecular weight is 185 g/mol. The lowest BCUT2D eigenvalue weighted by Gasteiger charge is -2.06. The summed E-state index contributed by atoms with van der Waals surface area (Å²) < 4.78 is 0. The summed E-state index contributed by atoms with van der Waals surface area (Å²) in [5.74, 6) is -0.498. The molecule has 0 aromatic rings. The van der Waals surface area contributed by atoms with E-state index in [9.17, 15) is 9.59 Å². The van der Waals surface area contributed by atoms with Crippen molar-refractivity contribution in [3.63, 3.8) is 0 Å². The van der Waals surface area contributed by atoms with Gasteiger partial charge in [-0.2, -0.15) is 4.99 Å². The first-order chi connectivity index (χ1) is 6.07. The molecule has 0 saturated carbocycles. The predicted octanol–water partition coefficient (Wildman–Crippen LogP) is 1.60. The van der Waals surface area contributed by atoms with Gasteiger partial charge < -0.3 is 5.11 Å². The first kappa shape index (κ1) is 11.8. The van der Waals surface area contributed by atoms with Crippen LogP contribution < -0.4 is 0 Å². The number of aliphatic carboxylic acids is 1. The van der Waals surface area contributed by atoms with Crippen molar-refractivity contribution in [2.75, 3.05) is 0 Å². The van der Waals surface area contributed by atoms with Gasteiger partial charge >= 0.3 is 5.97 Å². The van der Waals surface area contributed by atoms with E-state index in [1.165, 1.54) is 6.08 Å². The molecule has 1 unspecified atom stereocenters. The Labute approximate surface area is 77.7 Å². The fourth-order valence-corrected chi connectivity index (χ4v) is 1.03. The quantitative estimate of drug-likeness (QED) is 0.505. The Balaban J connectivity index is 3.83. The normalized spacial score (nSPS) is 12.2. The Morgan fingerprint density at radius 3 is 2.46 bits per heavy atom. The van der Waals surface area contributed by atoms with E-state index in [4.69, 9.17) is 5.11 Å². The fourth-order valence-electron chi connectivity index (χ4n) is 1.03. The Bertz CT molecular complexity index is 205. The van der Waals surface area contributed by atoms with Crippen LogP contribution in [0, 0.1) is 5.92 Å². The smallest absolute Gasteiger partial charge is 0.329 e. The molecule has 0 heterocycles. The summed E-state index contributed by atoms with van der Waals surface area (Å²) in [4.78, 5) is 23.6. The standard InChI is InChI=1S/C9H15NO3/c1-7(2)4-3-5-8(9(12)13)10-6-11/h7-8H,3-5H2,1-2H3,(H,12,13). The number of hydrogen-bond acceptors (Lipinski definition) is 3. The second-order valence-electron chi connectivity index (χ2n) is 3.40. The number of hydrogen-bond donors (Lipinski definition) is 1. The van der Waals surface area contributed by atoms with Gasteiger partial charge in [0.25, 0.3) is 0 Å². The predicted molar refractivity (Wildman–Crippen MR) is 48.2 cm³/mol. The Hall–Kier alpha value is -1.15. The van der Waals surface area contributed by atoms with E-state index >= 15 is 0 Å². The molecule has 0 fully saturated rings. The molecule has 1 N–H and O–H groups in total. The van der Waals surface area contributed by atoms with E-state index in [1.54, 1.807) is 0 Å². The van der Waals surface area contributed by atoms with Crippen LogP contribution in [0.1, 0.15) is 33.1 Å². The zero-order valence-corrected chi connectivity index (χ0v) is 7.99. The molecule has 13 heavy (non-hydrogen) atoms. The van der Waals surface area contributed by atoms with E-state index < -0.39 is 12.0 Å². The van der Waals surface area contributed by atoms with Crippen LogP contribution >= 0.6 is 0 Å². The van der Waals surface area contributed by atoms with E-state index in [2.05, 4.69) is 18.8 Å². The molecule has 0 aliphatic heterocycles. The van der Waals surface area contributed by atoms with Crippen molar-refractivity contribution in [2.45, 2.75) is 39.2 Å². The lowest BCUT2D eigenvalue weighted by molar-refractivity contribution is -0.138. The maximum atomic E-state index is 10.5. The molecule has 4 heteroatoms. The van der Waals surface area contributed by atoms with E-state index in [0.717, 1.165) is 12.8 Å². The third kappa shape index (κ3) is 6.05. The highest BCUT2D eigenvalue weighted by molar-refractivity contribution is 5.74. The van der Waals surface area contributed by atoms with Gasteiger partial charge in [-0.3, -0.25) is 0 Å². The SMILES string of the molecule is CC(C)CCCC(N=C=O)C(=O)O. The lowest BCUT2D eigenvalue weighted by atomic mass is 10.0. The first-order valence-corrected chi connectivity index (χ1v) is 4.37. The number of carbonyl (C=O) groups is 1. The molecule has 0 aliphatic rings. The molecule has 0 aromatic carbocycles. The van der Waals surface area contributed by atoms with Crippen LogP contribution in [0.4, 0.5) is 0 Å². The molecule has 4 nitrogen and oxygen atoms in total. The molecular weight excluding hydrogens is 170 g/mol. The van der Waals surface area contributed by atoms with Gasteiger partial charge in [-0.1, -0.05) is 26.7 Å². The summed E-state index contributed by atoms with van der Waals surface area (Å²) in [6, 6.07) is -0.906. The van der Waals surface area contributed by atoms with Crippen molar-refractivity contribution in [3.05, 3.63) is 0 Å². The van der Waals surface area contributed by atoms with Gasteiger partial charge in [0.1, 0.15) is 0 Å². The first-order valence-electron chi connectivity index (χ1n) is 4.37. The molecule has 0 aromatic heterocycles. The highest BCUT2D eigenvalue weighted by Crippen LogP contribution is 2.10. The minimum atomic E-state index is -1.05. The van der Waals surface area contributed by atoms with Crippen molar-refractivity contribution in [2.24, 2.45) is 10.9 Å². The highest BCUT2D eigenvalue weighted by Gasteiger charge is 2.15. The summed E-state index contributed by atoms with van der Waals surface area (Å²) in [5, 5.41) is 8.60. The Morgan fingerprint density at radius 1 is 1.46 bits per heavy atom. The van der Waals surface area contributed by atoms with Crippen LogP contribution in [0.2, 0.25) is 0 Å². The van der Waals surface area contributed by atoms with Crippen LogP contribution in [0.15, 0.2) is 4.99 Å². The van der Waals surface area contributed by atoms with Crippen molar-refractivity contribution in [1.82, 2.24) is 0 Å². The molecule has 0 spiro atoms. The van der Waals surface area contributed by atoms with E-state index in [-0.39, 0.29) is 0 Å². The maximum absolute atomic E-state index is 10.5. The number of isocyanates is 1. The maximum Gasteiger partial charge on any atom is 0.329 e. The summed E-state index contributed by atoms with van der Waals surface area (Å²) in [6.45, 7) is 4.14. The highest BCUT2D eigenvalue weighted by atomic mass is 16.4. The molecule has 0 aliphatic carbocycles. The van der Waals surface area contributed by atoms with Crippen molar-refractivity contribution in [1.29, 1.82) is 0 Å². The number of rotatable bonds is 6. The summed E-state index contributed by atoms with van der Waals surface area (Å²) in [7, 11) is 0. The summed E-state index contributed by atoms with van der Waals surface area (Å²) >= 11 is 0. The van der Waals surface area contributed by atoms with E-state index in [0.29, 0.717) is 12.3 Å². The van der Waals surface area contributed by atoms with Crippen LogP contribution in [0.5, 0.6) is 0 Å². The molecule has 0 rings (SSSR count). The zero-order valence-electron chi connectivity index (χ0n) is 7.99. The summed E-state index contributed by atoms with van der Waals surface area (Å²) in [5.41, 5.74) is 0. The number of carboxylic acid groups (broad SMARTS) is 1. The number of aliphatic imine (C=N–C) groups is 1. The van der Waals surface area contributed by atoms with Gasteiger partial charge in [-0.15, -0.1) is 0 Å². The molecule has 1 atom stereocenters. The van der Waals surface area contributed by atoms with Crippen molar-refractivity contribution >= 4 is 12.0 Å². The molecule has 0 bridgehead atoms. The van der Waals surface area contributed by atoms with Gasteiger partial charge in [0.15, 0.2) is 6.04 Å². The fraction of sp³-hybridized carbons (Fsp3) is 0.778. The van der Waals surface area contributed by atoms with Gasteiger partial charge in [-0.25, -0.2) is 9.59 Å². The topological polar surface area (TPSA) is 66.7 Å². The average Bonchev–Trinajstić information content (AvgIpc) is 2.02. The number of carbonyl (C=O) groups excluding carboxylic acids is 1. The third-order valence-corrected chi connectivity index (χ3v) is 1.75. The van der Waals surface area contributed by atoms with Crippen LogP contribution in [0.3, 0.4) is 0 Å². The zero-order chi connectivity index (χ0) is 10.3. The van der Waals surface area contributed by atoms with Crippen LogP contribution in [0.25, 0.3) is 0 Å². The minimum Gasteiger partial charge on any atom is -0.480 e. The van der Waals surface area contributed by atoms with Gasteiger partial charge in [-0.05, 0) is 12.3 Å². The second kappa shape index (κ2) is 6.38. The Kier molecular flexibility index (Phi) is 5.81. The van der Waals surface area contributed by atoms with E-state index in [1.807, 2.05) is 0 Å². The number of carboxylic acids is 1. The van der Waals surface area contributed by atoms with Crippen molar-refractivity contribution < 1.29 is 14.7 Å². The Morgan fingerprint density at radius 2 is 2.08 bits per heavy atom. The molecule has 0 radical (unpaired) electrons. The molecule has 0 amide bonds. The van der Waals surface area contributed by atoms with Crippen molar-refractivity contribution in [3.8, 4) is 0 Å². The summed E-state index contributed by atoms with van der Waals surface area (Å²) in [6.07, 6.45) is 3.43. The second-order valence-corrected chi connectivity index (χ2v) is 3.40. The van der Waals surface area contributed by atoms with Crippen LogP contribution in [-0.2, 0) is 9.59 Å². The number of nitrogens with zero attached hydrogens (tertiary/aromatic N) is 1. The third-order valence-electron chi connectivity index (χ3n) is 1.75.